The SMILES string of the molecule is Cc1ccc(-c2cnc(-c3ccc(C)s3)s2)s1. The van der Waals surface area contributed by atoms with Crippen LogP contribution < -0.4 is 0 Å². The molecule has 0 bridgehead atoms. The molecule has 0 spiro atoms. The van der Waals surface area contributed by atoms with E-state index in [4.69, 9.17) is 0 Å². The second-order valence-corrected chi connectivity index (χ2v) is 7.46. The van der Waals surface area contributed by atoms with Crippen LogP contribution in [-0.2, 0) is 0 Å². The molecule has 0 amide bonds. The van der Waals surface area contributed by atoms with Crippen LogP contribution >= 0.6 is 34.0 Å². The van der Waals surface area contributed by atoms with Crippen LogP contribution in [0.4, 0.5) is 0 Å². The molecule has 0 N–H and O–H groups in total. The summed E-state index contributed by atoms with van der Waals surface area (Å²) in [6.45, 7) is 4.27. The first-order valence-corrected chi connectivity index (χ1v) is 7.77. The Morgan fingerprint density at radius 2 is 1.41 bits per heavy atom. The van der Waals surface area contributed by atoms with E-state index in [1.165, 1.54) is 24.4 Å². The highest BCUT2D eigenvalue weighted by Gasteiger charge is 2.09. The van der Waals surface area contributed by atoms with Gasteiger partial charge in [-0.05, 0) is 38.1 Å². The minimum absolute atomic E-state index is 1.13. The van der Waals surface area contributed by atoms with Crippen molar-refractivity contribution in [2.45, 2.75) is 13.8 Å². The fourth-order valence-corrected chi connectivity index (χ4v) is 4.41. The molecule has 4 heteroatoms. The lowest BCUT2D eigenvalue weighted by Crippen LogP contribution is -1.63. The number of rotatable bonds is 2. The maximum absolute atomic E-state index is 4.52. The summed E-state index contributed by atoms with van der Waals surface area (Å²) in [5.41, 5.74) is 0. The summed E-state index contributed by atoms with van der Waals surface area (Å²) in [5.74, 6) is 0. The fourth-order valence-electron chi connectivity index (χ4n) is 1.62. The summed E-state index contributed by atoms with van der Waals surface area (Å²) in [6.07, 6.45) is 1.99. The molecule has 0 atom stereocenters. The van der Waals surface area contributed by atoms with Gasteiger partial charge in [-0.15, -0.1) is 34.0 Å². The van der Waals surface area contributed by atoms with Crippen molar-refractivity contribution in [3.05, 3.63) is 40.2 Å². The normalized spacial score (nSPS) is 10.9. The van der Waals surface area contributed by atoms with Crippen LogP contribution in [0.5, 0.6) is 0 Å². The van der Waals surface area contributed by atoms with Gasteiger partial charge in [0, 0.05) is 20.8 Å². The van der Waals surface area contributed by atoms with Gasteiger partial charge in [0.25, 0.3) is 0 Å². The third kappa shape index (κ3) is 2.20. The average Bonchev–Trinajstić information content (AvgIpc) is 2.96. The van der Waals surface area contributed by atoms with Crippen LogP contribution in [0.2, 0.25) is 0 Å². The van der Waals surface area contributed by atoms with E-state index in [0.717, 1.165) is 5.01 Å². The van der Waals surface area contributed by atoms with Gasteiger partial charge in [-0.2, -0.15) is 0 Å². The maximum atomic E-state index is 4.52. The molecule has 3 aromatic rings. The highest BCUT2D eigenvalue weighted by Crippen LogP contribution is 2.37. The molecule has 3 rings (SSSR count). The number of thiophene rings is 2. The first-order valence-electron chi connectivity index (χ1n) is 5.32. The van der Waals surface area contributed by atoms with Crippen molar-refractivity contribution < 1.29 is 0 Å². The van der Waals surface area contributed by atoms with Gasteiger partial charge in [-0.3, -0.25) is 0 Å². The van der Waals surface area contributed by atoms with Crippen molar-refractivity contribution in [3.63, 3.8) is 0 Å². The fraction of sp³-hybridized carbons (Fsp3) is 0.154. The quantitative estimate of drug-likeness (QED) is 0.626. The van der Waals surface area contributed by atoms with Gasteiger partial charge in [-0.25, -0.2) is 4.98 Å². The molecule has 3 aromatic heterocycles. The lowest BCUT2D eigenvalue weighted by molar-refractivity contribution is 1.43. The Balaban J connectivity index is 1.98. The van der Waals surface area contributed by atoms with E-state index < -0.39 is 0 Å². The predicted molar refractivity (Wildman–Crippen MR) is 78.2 cm³/mol. The number of hydrogen-bond donors (Lipinski definition) is 0. The van der Waals surface area contributed by atoms with E-state index in [-0.39, 0.29) is 0 Å². The monoisotopic (exact) mass is 277 g/mol. The minimum Gasteiger partial charge on any atom is -0.243 e. The van der Waals surface area contributed by atoms with Crippen molar-refractivity contribution in [1.82, 2.24) is 4.98 Å². The smallest absolute Gasteiger partial charge is 0.133 e. The van der Waals surface area contributed by atoms with E-state index in [1.54, 1.807) is 22.7 Å². The van der Waals surface area contributed by atoms with Crippen LogP contribution in [0.25, 0.3) is 19.6 Å². The zero-order valence-corrected chi connectivity index (χ0v) is 12.0. The molecule has 1 nitrogen and oxygen atoms in total. The zero-order valence-electron chi connectivity index (χ0n) is 9.56. The average molecular weight is 277 g/mol. The Labute approximate surface area is 112 Å². The molecule has 3 heterocycles. The number of aryl methyl sites for hydroxylation is 2. The van der Waals surface area contributed by atoms with Crippen molar-refractivity contribution >= 4 is 34.0 Å². The Bertz CT molecular complexity index is 590. The second kappa shape index (κ2) is 4.37. The molecule has 0 aliphatic rings. The van der Waals surface area contributed by atoms with Gasteiger partial charge in [0.15, 0.2) is 0 Å². The molecule has 86 valence electrons. The van der Waals surface area contributed by atoms with Gasteiger partial charge < -0.3 is 0 Å². The largest absolute Gasteiger partial charge is 0.243 e. The summed E-state index contributed by atoms with van der Waals surface area (Å²) < 4.78 is 0. The molecular formula is C13H11NS3. The summed E-state index contributed by atoms with van der Waals surface area (Å²) in [4.78, 5) is 11.1. The topological polar surface area (TPSA) is 12.9 Å². The Hall–Kier alpha value is -0.970. The minimum atomic E-state index is 1.13. The van der Waals surface area contributed by atoms with Gasteiger partial charge in [0.1, 0.15) is 5.01 Å². The van der Waals surface area contributed by atoms with Gasteiger partial charge in [0.2, 0.25) is 0 Å². The molecule has 0 unspecified atom stereocenters. The zero-order chi connectivity index (χ0) is 11.8. The molecule has 0 radical (unpaired) electrons. The van der Waals surface area contributed by atoms with E-state index in [9.17, 15) is 0 Å². The molecule has 0 aliphatic heterocycles. The Morgan fingerprint density at radius 3 is 2.00 bits per heavy atom. The molecule has 0 aromatic carbocycles. The van der Waals surface area contributed by atoms with E-state index in [0.29, 0.717) is 0 Å². The van der Waals surface area contributed by atoms with Crippen molar-refractivity contribution in [1.29, 1.82) is 0 Å². The predicted octanol–water partition coefficient (Wildman–Crippen LogP) is 5.22. The molecule has 0 saturated carbocycles. The third-order valence-electron chi connectivity index (χ3n) is 2.44. The van der Waals surface area contributed by atoms with Crippen LogP contribution in [0.15, 0.2) is 30.5 Å². The summed E-state index contributed by atoms with van der Waals surface area (Å²) >= 11 is 5.41. The van der Waals surface area contributed by atoms with Crippen molar-refractivity contribution in [2.24, 2.45) is 0 Å². The lowest BCUT2D eigenvalue weighted by atomic mass is 10.4. The number of nitrogens with zero attached hydrogens (tertiary/aromatic N) is 1. The first kappa shape index (κ1) is 11.1. The third-order valence-corrected chi connectivity index (χ3v) is 5.80. The molecular weight excluding hydrogens is 266 g/mol. The van der Waals surface area contributed by atoms with Gasteiger partial charge >= 0.3 is 0 Å². The molecule has 0 saturated heterocycles. The molecule has 0 aliphatic carbocycles. The number of thiazole rings is 1. The number of hydrogen-bond acceptors (Lipinski definition) is 4. The first-order chi connectivity index (χ1) is 8.22. The van der Waals surface area contributed by atoms with Crippen molar-refractivity contribution in [2.75, 3.05) is 0 Å². The van der Waals surface area contributed by atoms with Gasteiger partial charge in [-0.1, -0.05) is 0 Å². The van der Waals surface area contributed by atoms with Gasteiger partial charge in [0.05, 0.1) is 9.75 Å². The van der Waals surface area contributed by atoms with Crippen LogP contribution in [0.1, 0.15) is 9.75 Å². The van der Waals surface area contributed by atoms with E-state index in [2.05, 4.69) is 43.1 Å². The Kier molecular flexibility index (Phi) is 2.86. The second-order valence-electron chi connectivity index (χ2n) is 3.85. The number of aromatic nitrogens is 1. The Morgan fingerprint density at radius 1 is 0.765 bits per heavy atom. The maximum Gasteiger partial charge on any atom is 0.133 e. The van der Waals surface area contributed by atoms with Crippen LogP contribution in [0, 0.1) is 13.8 Å². The lowest BCUT2D eigenvalue weighted by Gasteiger charge is -1.88. The summed E-state index contributed by atoms with van der Waals surface area (Å²) in [6, 6.07) is 8.64. The van der Waals surface area contributed by atoms with Crippen LogP contribution in [0.3, 0.4) is 0 Å². The highest BCUT2D eigenvalue weighted by molar-refractivity contribution is 7.26. The molecule has 17 heavy (non-hydrogen) atoms. The summed E-state index contributed by atoms with van der Waals surface area (Å²) in [7, 11) is 0. The van der Waals surface area contributed by atoms with Crippen molar-refractivity contribution in [3.8, 4) is 19.6 Å². The molecule has 0 fully saturated rings. The van der Waals surface area contributed by atoms with Crippen LogP contribution in [-0.4, -0.2) is 4.98 Å². The van der Waals surface area contributed by atoms with E-state index in [1.807, 2.05) is 17.5 Å². The summed E-state index contributed by atoms with van der Waals surface area (Å²) in [5, 5.41) is 1.13. The standard InChI is InChI=1S/C13H11NS3/c1-8-3-5-10(15-8)12-7-14-13(17-12)11-6-4-9(2)16-11/h3-7H,1-2H3. The van der Waals surface area contributed by atoms with E-state index >= 15 is 0 Å². The highest BCUT2D eigenvalue weighted by atomic mass is 32.1.